The van der Waals surface area contributed by atoms with Crippen molar-refractivity contribution in [2.75, 3.05) is 12.4 Å². The van der Waals surface area contributed by atoms with E-state index in [0.717, 1.165) is 18.5 Å². The molecular weight excluding hydrogens is 373 g/mol. The van der Waals surface area contributed by atoms with Gasteiger partial charge in [-0.3, -0.25) is 5.32 Å². The third-order valence-electron chi connectivity index (χ3n) is 4.61. The molecule has 1 aliphatic heterocycles. The number of benzene rings is 1. The van der Waals surface area contributed by atoms with E-state index in [1.54, 1.807) is 19.2 Å². The van der Waals surface area contributed by atoms with Gasteiger partial charge in [-0.15, -0.1) is 0 Å². The van der Waals surface area contributed by atoms with E-state index in [-0.39, 0.29) is 0 Å². The molecule has 8 heteroatoms. The normalized spacial score (nSPS) is 24.2. The molecule has 1 aliphatic carbocycles. The van der Waals surface area contributed by atoms with Crippen molar-refractivity contribution in [1.82, 2.24) is 10.6 Å². The molecule has 3 N–H and O–H groups in total. The summed E-state index contributed by atoms with van der Waals surface area (Å²) < 4.78 is 5.18. The number of rotatable bonds is 4. The molecule has 1 aromatic carbocycles. The first-order valence-electron chi connectivity index (χ1n) is 8.98. The van der Waals surface area contributed by atoms with Gasteiger partial charge in [-0.25, -0.2) is 9.98 Å². The lowest BCUT2D eigenvalue weighted by molar-refractivity contribution is 0.309. The largest absolute Gasteiger partial charge is 0.495 e. The van der Waals surface area contributed by atoms with Gasteiger partial charge in [-0.05, 0) is 49.6 Å². The summed E-state index contributed by atoms with van der Waals surface area (Å²) in [5.74, 6) is 0.348. The second kappa shape index (κ2) is 8.46. The van der Waals surface area contributed by atoms with Crippen LogP contribution in [0.5, 0.6) is 5.75 Å². The standard InChI is InChI=1S/C18H25Cl2N5O/c1-18(23-12-7-5-3-4-6-8-12)24-16(20)22-17(25-18)21-13-9-10-15(26-2)14(19)11-13/h9-12,23H,3-8H2,1-2H3,(H2,21,22,24,25). The van der Waals surface area contributed by atoms with E-state index in [2.05, 4.69) is 20.9 Å². The molecule has 6 nitrogen and oxygen atoms in total. The van der Waals surface area contributed by atoms with E-state index in [1.807, 2.05) is 13.0 Å². The molecule has 1 unspecified atom stereocenters. The molecule has 3 rings (SSSR count). The first kappa shape index (κ1) is 19.3. The Labute approximate surface area is 164 Å². The molecule has 1 heterocycles. The van der Waals surface area contributed by atoms with Crippen LogP contribution in [0, 0.1) is 0 Å². The Morgan fingerprint density at radius 1 is 1.15 bits per heavy atom. The van der Waals surface area contributed by atoms with Crippen LogP contribution in [0.25, 0.3) is 0 Å². The fourth-order valence-corrected chi connectivity index (χ4v) is 3.91. The summed E-state index contributed by atoms with van der Waals surface area (Å²) in [6, 6.07) is 5.84. The van der Waals surface area contributed by atoms with Gasteiger partial charge in [0.1, 0.15) is 5.75 Å². The Balaban J connectivity index is 1.73. The summed E-state index contributed by atoms with van der Waals surface area (Å²) >= 11 is 12.4. The van der Waals surface area contributed by atoms with E-state index in [9.17, 15) is 0 Å². The van der Waals surface area contributed by atoms with Gasteiger partial charge < -0.3 is 15.4 Å². The second-order valence-electron chi connectivity index (χ2n) is 6.82. The molecule has 142 valence electrons. The Morgan fingerprint density at radius 2 is 1.88 bits per heavy atom. The number of guanidine groups is 1. The Kier molecular flexibility index (Phi) is 6.27. The van der Waals surface area contributed by atoms with E-state index in [4.69, 9.17) is 32.9 Å². The highest BCUT2D eigenvalue weighted by Crippen LogP contribution is 2.28. The Morgan fingerprint density at radius 3 is 2.54 bits per heavy atom. The molecule has 1 fully saturated rings. The summed E-state index contributed by atoms with van der Waals surface area (Å²) in [4.78, 5) is 9.16. The number of ether oxygens (including phenoxy) is 1. The van der Waals surface area contributed by atoms with E-state index in [1.165, 1.54) is 25.7 Å². The highest BCUT2D eigenvalue weighted by molar-refractivity contribution is 6.66. The van der Waals surface area contributed by atoms with Crippen LogP contribution in [0.4, 0.5) is 5.69 Å². The minimum absolute atomic E-state index is 0.297. The lowest BCUT2D eigenvalue weighted by Crippen LogP contribution is -2.52. The number of nitrogens with one attached hydrogen (secondary N) is 3. The third-order valence-corrected chi connectivity index (χ3v) is 5.09. The first-order valence-corrected chi connectivity index (χ1v) is 9.73. The van der Waals surface area contributed by atoms with Gasteiger partial charge in [0.25, 0.3) is 0 Å². The second-order valence-corrected chi connectivity index (χ2v) is 7.58. The lowest BCUT2D eigenvalue weighted by atomic mass is 10.1. The van der Waals surface area contributed by atoms with Crippen molar-refractivity contribution in [3.8, 4) is 5.75 Å². The van der Waals surface area contributed by atoms with Gasteiger partial charge in [-0.1, -0.05) is 37.3 Å². The molecule has 2 aliphatic rings. The van der Waals surface area contributed by atoms with Crippen molar-refractivity contribution in [3.63, 3.8) is 0 Å². The third kappa shape index (κ3) is 5.02. The Bertz CT molecular complexity index is 701. The van der Waals surface area contributed by atoms with Crippen LogP contribution in [-0.4, -0.2) is 30.2 Å². The fourth-order valence-electron chi connectivity index (χ4n) is 3.40. The average Bonchev–Trinajstić information content (AvgIpc) is 2.82. The fraction of sp³-hybridized carbons (Fsp3) is 0.556. The van der Waals surface area contributed by atoms with E-state index >= 15 is 0 Å². The zero-order valence-corrected chi connectivity index (χ0v) is 16.6. The molecule has 0 radical (unpaired) electrons. The van der Waals surface area contributed by atoms with Gasteiger partial charge in [0, 0.05) is 11.7 Å². The summed E-state index contributed by atoms with van der Waals surface area (Å²) in [7, 11) is 1.59. The van der Waals surface area contributed by atoms with Gasteiger partial charge in [0.05, 0.1) is 12.1 Å². The molecule has 0 saturated heterocycles. The highest BCUT2D eigenvalue weighted by atomic mass is 35.5. The predicted molar refractivity (Wildman–Crippen MR) is 109 cm³/mol. The average molecular weight is 398 g/mol. The molecule has 0 bridgehead atoms. The van der Waals surface area contributed by atoms with Gasteiger partial charge in [0.15, 0.2) is 0 Å². The van der Waals surface area contributed by atoms with E-state index in [0.29, 0.717) is 28.1 Å². The maximum absolute atomic E-state index is 6.22. The summed E-state index contributed by atoms with van der Waals surface area (Å²) in [5.41, 5.74) is 0.783. The predicted octanol–water partition coefficient (Wildman–Crippen LogP) is 4.30. The minimum atomic E-state index is -0.796. The van der Waals surface area contributed by atoms with Crippen LogP contribution in [0.2, 0.25) is 5.02 Å². The number of hydrogen-bond acceptors (Lipinski definition) is 6. The van der Waals surface area contributed by atoms with Crippen LogP contribution in [0.3, 0.4) is 0 Å². The minimum Gasteiger partial charge on any atom is -0.495 e. The number of halogens is 2. The molecule has 0 aromatic heterocycles. The molecule has 26 heavy (non-hydrogen) atoms. The van der Waals surface area contributed by atoms with Crippen molar-refractivity contribution >= 4 is 40.1 Å². The monoisotopic (exact) mass is 397 g/mol. The van der Waals surface area contributed by atoms with Crippen molar-refractivity contribution < 1.29 is 4.74 Å². The van der Waals surface area contributed by atoms with Crippen molar-refractivity contribution in [2.45, 2.75) is 57.3 Å². The SMILES string of the molecule is COc1ccc(NC2=NC(C)(NC3CCCCCC3)N=C(Cl)N2)cc1Cl. The van der Waals surface area contributed by atoms with Crippen molar-refractivity contribution in [3.05, 3.63) is 23.2 Å². The zero-order valence-electron chi connectivity index (χ0n) is 15.1. The number of amidine groups is 1. The molecule has 1 saturated carbocycles. The summed E-state index contributed by atoms with van der Waals surface area (Å²) in [6.45, 7) is 1.93. The number of aliphatic imine (C=N–C) groups is 2. The van der Waals surface area contributed by atoms with E-state index < -0.39 is 5.79 Å². The summed E-state index contributed by atoms with van der Waals surface area (Å²) in [5, 5.41) is 10.5. The molecule has 0 amide bonds. The van der Waals surface area contributed by atoms with Crippen molar-refractivity contribution in [2.24, 2.45) is 9.98 Å². The van der Waals surface area contributed by atoms with Gasteiger partial charge in [0.2, 0.25) is 17.0 Å². The Hall–Kier alpha value is -1.50. The maximum atomic E-state index is 6.22. The summed E-state index contributed by atoms with van der Waals surface area (Å²) in [6.07, 6.45) is 7.36. The van der Waals surface area contributed by atoms with Crippen LogP contribution >= 0.6 is 23.2 Å². The smallest absolute Gasteiger partial charge is 0.208 e. The number of anilines is 1. The van der Waals surface area contributed by atoms with Gasteiger partial charge in [-0.2, -0.15) is 0 Å². The van der Waals surface area contributed by atoms with Crippen LogP contribution in [-0.2, 0) is 0 Å². The molecular formula is C18H25Cl2N5O. The number of hydrogen-bond donors (Lipinski definition) is 3. The highest BCUT2D eigenvalue weighted by Gasteiger charge is 2.30. The zero-order chi connectivity index (χ0) is 18.6. The van der Waals surface area contributed by atoms with Gasteiger partial charge >= 0.3 is 0 Å². The van der Waals surface area contributed by atoms with Crippen molar-refractivity contribution in [1.29, 1.82) is 0 Å². The lowest BCUT2D eigenvalue weighted by Gasteiger charge is -2.32. The molecule has 0 spiro atoms. The van der Waals surface area contributed by atoms with Crippen LogP contribution in [0.15, 0.2) is 28.2 Å². The quantitative estimate of drug-likeness (QED) is 0.523. The molecule has 1 aromatic rings. The number of methoxy groups -OCH3 is 1. The van der Waals surface area contributed by atoms with Crippen LogP contribution < -0.4 is 20.7 Å². The maximum Gasteiger partial charge on any atom is 0.208 e. The first-order chi connectivity index (χ1) is 12.5. The van der Waals surface area contributed by atoms with Crippen LogP contribution in [0.1, 0.15) is 45.4 Å². The number of nitrogens with zero attached hydrogens (tertiary/aromatic N) is 2. The molecule has 1 atom stereocenters. The topological polar surface area (TPSA) is 70.0 Å².